The standard InChI is InChI=1S/C46H29N3O/c1-4-12-31(13-5-1)44-45(32-14-6-2-7-15-32)48-46-40(47-44)27-22-30-20-21-33-28-35(23-25-37(33)43(30)46)49(34-16-8-3-9-17-34)36-24-26-39-38-18-10-11-19-41(38)50-42(39)29-36/h1-29H. The van der Waals surface area contributed by atoms with Crippen LogP contribution in [0.15, 0.2) is 180 Å². The Labute approximate surface area is 288 Å². The van der Waals surface area contributed by atoms with Crippen LogP contribution in [0.25, 0.3) is 77.0 Å². The maximum absolute atomic E-state index is 6.31. The molecule has 0 aliphatic heterocycles. The van der Waals surface area contributed by atoms with Gasteiger partial charge in [0.1, 0.15) is 11.2 Å². The summed E-state index contributed by atoms with van der Waals surface area (Å²) in [6.07, 6.45) is 0. The average Bonchev–Trinajstić information content (AvgIpc) is 3.56. The highest BCUT2D eigenvalue weighted by molar-refractivity contribution is 6.19. The van der Waals surface area contributed by atoms with E-state index in [1.54, 1.807) is 0 Å². The minimum Gasteiger partial charge on any atom is -0.456 e. The first-order chi connectivity index (χ1) is 24.8. The summed E-state index contributed by atoms with van der Waals surface area (Å²) in [7, 11) is 0. The van der Waals surface area contributed by atoms with Crippen molar-refractivity contribution >= 4 is 71.6 Å². The van der Waals surface area contributed by atoms with Crippen molar-refractivity contribution in [2.75, 3.05) is 4.90 Å². The molecule has 234 valence electrons. The Morgan fingerprint density at radius 3 is 1.74 bits per heavy atom. The maximum Gasteiger partial charge on any atom is 0.137 e. The summed E-state index contributed by atoms with van der Waals surface area (Å²) in [6, 6.07) is 61.3. The molecule has 10 rings (SSSR count). The zero-order chi connectivity index (χ0) is 33.0. The second-order valence-electron chi connectivity index (χ2n) is 12.6. The average molecular weight is 640 g/mol. The van der Waals surface area contributed by atoms with Crippen LogP contribution in [-0.2, 0) is 0 Å². The Morgan fingerprint density at radius 2 is 0.980 bits per heavy atom. The number of benzene rings is 8. The molecule has 0 fully saturated rings. The number of nitrogens with zero attached hydrogens (tertiary/aromatic N) is 3. The van der Waals surface area contributed by atoms with E-state index in [1.807, 2.05) is 24.3 Å². The van der Waals surface area contributed by atoms with Gasteiger partial charge in [-0.2, -0.15) is 0 Å². The fraction of sp³-hybridized carbons (Fsp3) is 0. The lowest BCUT2D eigenvalue weighted by Crippen LogP contribution is -2.09. The Hall–Kier alpha value is -6.78. The fourth-order valence-electron chi connectivity index (χ4n) is 7.27. The van der Waals surface area contributed by atoms with Gasteiger partial charge in [0, 0.05) is 50.4 Å². The molecule has 0 aliphatic carbocycles. The molecule has 0 N–H and O–H groups in total. The lowest BCUT2D eigenvalue weighted by Gasteiger charge is -2.26. The second-order valence-corrected chi connectivity index (χ2v) is 12.6. The zero-order valence-electron chi connectivity index (χ0n) is 27.0. The van der Waals surface area contributed by atoms with Crippen molar-refractivity contribution in [3.05, 3.63) is 176 Å². The highest BCUT2D eigenvalue weighted by atomic mass is 16.3. The van der Waals surface area contributed by atoms with Gasteiger partial charge in [0.2, 0.25) is 0 Å². The number of rotatable bonds is 5. The highest BCUT2D eigenvalue weighted by Gasteiger charge is 2.19. The molecule has 0 unspecified atom stereocenters. The molecule has 10 aromatic rings. The van der Waals surface area contributed by atoms with E-state index in [2.05, 4.69) is 157 Å². The molecule has 2 aromatic heterocycles. The Morgan fingerprint density at radius 1 is 0.400 bits per heavy atom. The lowest BCUT2D eigenvalue weighted by molar-refractivity contribution is 0.669. The molecule has 0 spiro atoms. The van der Waals surface area contributed by atoms with Crippen molar-refractivity contribution in [1.29, 1.82) is 0 Å². The van der Waals surface area contributed by atoms with Gasteiger partial charge >= 0.3 is 0 Å². The van der Waals surface area contributed by atoms with Crippen LogP contribution in [0.2, 0.25) is 0 Å². The van der Waals surface area contributed by atoms with Gasteiger partial charge in [0.05, 0.1) is 22.4 Å². The molecular formula is C46H29N3O. The van der Waals surface area contributed by atoms with E-state index in [9.17, 15) is 0 Å². The van der Waals surface area contributed by atoms with Crippen LogP contribution < -0.4 is 4.90 Å². The lowest BCUT2D eigenvalue weighted by atomic mass is 9.98. The predicted octanol–water partition coefficient (Wildman–Crippen LogP) is 12.6. The largest absolute Gasteiger partial charge is 0.456 e. The Kier molecular flexibility index (Phi) is 6.46. The third-order valence-corrected chi connectivity index (χ3v) is 9.60. The van der Waals surface area contributed by atoms with Gasteiger partial charge in [0.25, 0.3) is 0 Å². The van der Waals surface area contributed by atoms with Gasteiger partial charge in [-0.25, -0.2) is 9.97 Å². The second kappa shape index (κ2) is 11.4. The fourth-order valence-corrected chi connectivity index (χ4v) is 7.27. The molecule has 0 saturated heterocycles. The number of anilines is 3. The van der Waals surface area contributed by atoms with E-state index in [4.69, 9.17) is 14.4 Å². The van der Waals surface area contributed by atoms with Gasteiger partial charge in [-0.3, -0.25) is 0 Å². The van der Waals surface area contributed by atoms with E-state index < -0.39 is 0 Å². The molecule has 4 nitrogen and oxygen atoms in total. The van der Waals surface area contributed by atoms with Crippen molar-refractivity contribution in [3.63, 3.8) is 0 Å². The maximum atomic E-state index is 6.31. The molecule has 50 heavy (non-hydrogen) atoms. The van der Waals surface area contributed by atoms with E-state index in [-0.39, 0.29) is 0 Å². The van der Waals surface area contributed by atoms with Crippen LogP contribution in [0.1, 0.15) is 0 Å². The zero-order valence-corrected chi connectivity index (χ0v) is 27.0. The molecular weight excluding hydrogens is 611 g/mol. The monoisotopic (exact) mass is 639 g/mol. The number of hydrogen-bond acceptors (Lipinski definition) is 4. The summed E-state index contributed by atoms with van der Waals surface area (Å²) in [5.74, 6) is 0. The van der Waals surface area contributed by atoms with Crippen molar-refractivity contribution in [3.8, 4) is 22.5 Å². The van der Waals surface area contributed by atoms with Crippen molar-refractivity contribution in [1.82, 2.24) is 9.97 Å². The highest BCUT2D eigenvalue weighted by Crippen LogP contribution is 2.41. The minimum atomic E-state index is 0.866. The molecule has 4 heteroatoms. The number of hydrogen-bond donors (Lipinski definition) is 0. The van der Waals surface area contributed by atoms with Crippen LogP contribution >= 0.6 is 0 Å². The summed E-state index contributed by atoms with van der Waals surface area (Å²) < 4.78 is 6.31. The van der Waals surface area contributed by atoms with Gasteiger partial charge in [-0.1, -0.05) is 121 Å². The third-order valence-electron chi connectivity index (χ3n) is 9.60. The Balaban J connectivity index is 1.18. The quantitative estimate of drug-likeness (QED) is 0.176. The molecule has 0 bridgehead atoms. The summed E-state index contributed by atoms with van der Waals surface area (Å²) >= 11 is 0. The Bertz CT molecular complexity index is 2860. The molecule has 2 heterocycles. The number of aromatic nitrogens is 2. The SMILES string of the molecule is c1ccc(-c2nc3ccc4ccc5cc(N(c6ccccc6)c6ccc7c(c6)oc6ccccc67)ccc5c4c3nc2-c2ccccc2)cc1. The summed E-state index contributed by atoms with van der Waals surface area (Å²) in [5.41, 5.74) is 10.5. The van der Waals surface area contributed by atoms with Crippen LogP contribution in [0.3, 0.4) is 0 Å². The van der Waals surface area contributed by atoms with Crippen LogP contribution in [0, 0.1) is 0 Å². The first kappa shape index (κ1) is 28.3. The van der Waals surface area contributed by atoms with E-state index in [0.717, 1.165) is 94.1 Å². The van der Waals surface area contributed by atoms with Crippen molar-refractivity contribution < 1.29 is 4.42 Å². The van der Waals surface area contributed by atoms with Gasteiger partial charge in [-0.05, 0) is 64.7 Å². The van der Waals surface area contributed by atoms with Gasteiger partial charge in [-0.15, -0.1) is 0 Å². The van der Waals surface area contributed by atoms with Crippen molar-refractivity contribution in [2.24, 2.45) is 0 Å². The van der Waals surface area contributed by atoms with Gasteiger partial charge < -0.3 is 9.32 Å². The molecule has 0 amide bonds. The molecule has 8 aromatic carbocycles. The summed E-state index contributed by atoms with van der Waals surface area (Å²) in [5, 5.41) is 6.74. The van der Waals surface area contributed by atoms with Crippen LogP contribution in [-0.4, -0.2) is 9.97 Å². The number of furan rings is 1. The van der Waals surface area contributed by atoms with E-state index >= 15 is 0 Å². The van der Waals surface area contributed by atoms with Crippen LogP contribution in [0.5, 0.6) is 0 Å². The summed E-state index contributed by atoms with van der Waals surface area (Å²) in [4.78, 5) is 13.0. The molecule has 0 atom stereocenters. The first-order valence-electron chi connectivity index (χ1n) is 16.8. The number of para-hydroxylation sites is 2. The molecule has 0 radical (unpaired) electrons. The molecule has 0 aliphatic rings. The van der Waals surface area contributed by atoms with Gasteiger partial charge in [0.15, 0.2) is 0 Å². The molecule has 0 saturated carbocycles. The van der Waals surface area contributed by atoms with E-state index in [0.29, 0.717) is 0 Å². The predicted molar refractivity (Wildman–Crippen MR) is 207 cm³/mol. The van der Waals surface area contributed by atoms with E-state index in [1.165, 1.54) is 0 Å². The normalized spacial score (nSPS) is 11.6. The topological polar surface area (TPSA) is 42.2 Å². The van der Waals surface area contributed by atoms with Crippen molar-refractivity contribution in [2.45, 2.75) is 0 Å². The number of fused-ring (bicyclic) bond motifs is 8. The summed E-state index contributed by atoms with van der Waals surface area (Å²) in [6.45, 7) is 0. The first-order valence-corrected chi connectivity index (χ1v) is 16.8. The van der Waals surface area contributed by atoms with Crippen LogP contribution in [0.4, 0.5) is 17.1 Å². The smallest absolute Gasteiger partial charge is 0.137 e. The third kappa shape index (κ3) is 4.61. The minimum absolute atomic E-state index is 0.866.